The molecule has 2 rings (SSSR count). The molecule has 0 aliphatic carbocycles. The molecule has 0 saturated heterocycles. The van der Waals surface area contributed by atoms with E-state index < -0.39 is 0 Å². The summed E-state index contributed by atoms with van der Waals surface area (Å²) in [6.07, 6.45) is 0.844. The maximum Gasteiger partial charge on any atom is 0.118 e. The summed E-state index contributed by atoms with van der Waals surface area (Å²) in [5.41, 5.74) is 8.72. The van der Waals surface area contributed by atoms with Gasteiger partial charge in [-0.05, 0) is 58.6 Å². The van der Waals surface area contributed by atoms with Gasteiger partial charge in [0.2, 0.25) is 0 Å². The van der Waals surface area contributed by atoms with Crippen LogP contribution in [0.1, 0.15) is 22.0 Å². The number of benzene rings is 1. The van der Waals surface area contributed by atoms with Gasteiger partial charge in [0.1, 0.15) is 5.75 Å². The molecule has 4 heteroatoms. The van der Waals surface area contributed by atoms with Crippen LogP contribution in [0.15, 0.2) is 34.1 Å². The molecule has 2 N–H and O–H groups in total. The van der Waals surface area contributed by atoms with E-state index in [0.717, 1.165) is 12.2 Å². The maximum atomic E-state index is 6.24. The highest BCUT2D eigenvalue weighted by molar-refractivity contribution is 9.11. The minimum absolute atomic E-state index is 0.0494. The Hall–Kier alpha value is -0.840. The van der Waals surface area contributed by atoms with Crippen LogP contribution in [0.2, 0.25) is 0 Å². The average molecular weight is 326 g/mol. The molecule has 2 nitrogen and oxygen atoms in total. The number of halogens is 1. The minimum Gasteiger partial charge on any atom is -0.497 e. The Balaban J connectivity index is 2.08. The number of nitrogens with two attached hydrogens (primary N) is 1. The van der Waals surface area contributed by atoms with E-state index in [2.05, 4.69) is 41.1 Å². The molecule has 1 heterocycles. The molecule has 18 heavy (non-hydrogen) atoms. The van der Waals surface area contributed by atoms with Crippen LogP contribution in [0.25, 0.3) is 0 Å². The van der Waals surface area contributed by atoms with Crippen molar-refractivity contribution in [1.82, 2.24) is 0 Å². The van der Waals surface area contributed by atoms with Crippen LogP contribution in [-0.2, 0) is 6.42 Å². The molecule has 2 aromatic rings. The Kier molecular flexibility index (Phi) is 4.43. The summed E-state index contributed by atoms with van der Waals surface area (Å²) in [4.78, 5) is 1.22. The number of ether oxygens (including phenoxy) is 1. The van der Waals surface area contributed by atoms with E-state index in [9.17, 15) is 0 Å². The van der Waals surface area contributed by atoms with Crippen LogP contribution < -0.4 is 10.5 Å². The summed E-state index contributed by atoms with van der Waals surface area (Å²) >= 11 is 5.25. The van der Waals surface area contributed by atoms with Gasteiger partial charge in [-0.1, -0.05) is 12.1 Å². The third kappa shape index (κ3) is 3.13. The molecule has 1 aromatic heterocycles. The Labute approximate surface area is 120 Å². The minimum atomic E-state index is 0.0494. The second kappa shape index (κ2) is 5.87. The van der Waals surface area contributed by atoms with Crippen LogP contribution in [0, 0.1) is 6.92 Å². The van der Waals surface area contributed by atoms with Crippen LogP contribution in [0.4, 0.5) is 0 Å². The standard InChI is InChI=1S/C14H16BrNOS/c1-9-7-13(18-14(9)15)12(16)8-10-3-5-11(17-2)6-4-10/h3-7,12H,8,16H2,1-2H3. The zero-order valence-corrected chi connectivity index (χ0v) is 12.8. The highest BCUT2D eigenvalue weighted by atomic mass is 79.9. The lowest BCUT2D eigenvalue weighted by atomic mass is 10.1. The Bertz CT molecular complexity index is 502. The highest BCUT2D eigenvalue weighted by Gasteiger charge is 2.11. The fraction of sp³-hybridized carbons (Fsp3) is 0.286. The Morgan fingerprint density at radius 1 is 1.33 bits per heavy atom. The van der Waals surface area contributed by atoms with Gasteiger partial charge in [0.15, 0.2) is 0 Å². The third-order valence-corrected chi connectivity index (χ3v) is 5.12. The van der Waals surface area contributed by atoms with Gasteiger partial charge in [0.05, 0.1) is 10.9 Å². The zero-order chi connectivity index (χ0) is 13.1. The first-order valence-corrected chi connectivity index (χ1v) is 7.35. The topological polar surface area (TPSA) is 35.2 Å². The second-order valence-corrected chi connectivity index (χ2v) is 6.67. The van der Waals surface area contributed by atoms with E-state index in [1.54, 1.807) is 18.4 Å². The highest BCUT2D eigenvalue weighted by Crippen LogP contribution is 2.31. The first kappa shape index (κ1) is 13.6. The molecule has 0 spiro atoms. The van der Waals surface area contributed by atoms with Gasteiger partial charge in [-0.3, -0.25) is 0 Å². The van der Waals surface area contributed by atoms with Crippen LogP contribution in [0.3, 0.4) is 0 Å². The van der Waals surface area contributed by atoms with E-state index in [0.29, 0.717) is 0 Å². The van der Waals surface area contributed by atoms with Crippen molar-refractivity contribution in [2.24, 2.45) is 5.73 Å². The van der Waals surface area contributed by atoms with E-state index >= 15 is 0 Å². The fourth-order valence-corrected chi connectivity index (χ4v) is 3.35. The predicted octanol–water partition coefficient (Wildman–Crippen LogP) is 4.07. The lowest BCUT2D eigenvalue weighted by Gasteiger charge is -2.10. The van der Waals surface area contributed by atoms with Crippen molar-refractivity contribution in [1.29, 1.82) is 0 Å². The van der Waals surface area contributed by atoms with Crippen molar-refractivity contribution in [2.75, 3.05) is 7.11 Å². The number of methoxy groups -OCH3 is 1. The normalized spacial score (nSPS) is 12.4. The van der Waals surface area contributed by atoms with Gasteiger partial charge in [0, 0.05) is 10.9 Å². The Morgan fingerprint density at radius 2 is 2.00 bits per heavy atom. The molecule has 1 unspecified atom stereocenters. The lowest BCUT2D eigenvalue weighted by molar-refractivity contribution is 0.414. The molecule has 0 bridgehead atoms. The van der Waals surface area contributed by atoms with E-state index in [1.165, 1.54) is 19.8 Å². The third-order valence-electron chi connectivity index (χ3n) is 2.86. The number of aryl methyl sites for hydroxylation is 1. The predicted molar refractivity (Wildman–Crippen MR) is 80.4 cm³/mol. The maximum absolute atomic E-state index is 6.24. The monoisotopic (exact) mass is 325 g/mol. The van der Waals surface area contributed by atoms with Crippen molar-refractivity contribution < 1.29 is 4.74 Å². The van der Waals surface area contributed by atoms with Crippen molar-refractivity contribution in [3.05, 3.63) is 50.1 Å². The van der Waals surface area contributed by atoms with E-state index in [1.807, 2.05) is 12.1 Å². The van der Waals surface area contributed by atoms with Crippen LogP contribution >= 0.6 is 27.3 Å². The lowest BCUT2D eigenvalue weighted by Crippen LogP contribution is -2.11. The summed E-state index contributed by atoms with van der Waals surface area (Å²) in [5, 5.41) is 0. The first-order chi connectivity index (χ1) is 8.60. The van der Waals surface area contributed by atoms with Crippen LogP contribution in [0.5, 0.6) is 5.75 Å². The summed E-state index contributed by atoms with van der Waals surface area (Å²) in [5.74, 6) is 0.877. The van der Waals surface area contributed by atoms with Crippen molar-refractivity contribution in [3.8, 4) is 5.75 Å². The molecule has 1 aromatic carbocycles. The molecule has 0 amide bonds. The summed E-state index contributed by atoms with van der Waals surface area (Å²) in [7, 11) is 1.67. The van der Waals surface area contributed by atoms with Gasteiger partial charge in [-0.2, -0.15) is 0 Å². The van der Waals surface area contributed by atoms with Gasteiger partial charge in [0.25, 0.3) is 0 Å². The van der Waals surface area contributed by atoms with Gasteiger partial charge >= 0.3 is 0 Å². The largest absolute Gasteiger partial charge is 0.497 e. The van der Waals surface area contributed by atoms with E-state index in [-0.39, 0.29) is 6.04 Å². The second-order valence-electron chi connectivity index (χ2n) is 4.26. The average Bonchev–Trinajstić information content (AvgIpc) is 2.71. The molecular formula is C14H16BrNOS. The zero-order valence-electron chi connectivity index (χ0n) is 10.4. The molecule has 1 atom stereocenters. The molecule has 0 saturated carbocycles. The van der Waals surface area contributed by atoms with Crippen molar-refractivity contribution >= 4 is 27.3 Å². The van der Waals surface area contributed by atoms with Gasteiger partial charge in [-0.25, -0.2) is 0 Å². The summed E-state index contributed by atoms with van der Waals surface area (Å²) in [6, 6.07) is 10.3. The number of hydrogen-bond donors (Lipinski definition) is 1. The molecule has 96 valence electrons. The molecule has 0 radical (unpaired) electrons. The van der Waals surface area contributed by atoms with Gasteiger partial charge < -0.3 is 10.5 Å². The summed E-state index contributed by atoms with van der Waals surface area (Å²) in [6.45, 7) is 2.09. The fourth-order valence-electron chi connectivity index (χ4n) is 1.78. The molecule has 0 fully saturated rings. The number of thiophene rings is 1. The molecular weight excluding hydrogens is 310 g/mol. The molecule has 0 aliphatic rings. The Morgan fingerprint density at radius 3 is 2.50 bits per heavy atom. The van der Waals surface area contributed by atoms with Crippen molar-refractivity contribution in [2.45, 2.75) is 19.4 Å². The number of hydrogen-bond acceptors (Lipinski definition) is 3. The molecule has 0 aliphatic heterocycles. The quantitative estimate of drug-likeness (QED) is 0.919. The first-order valence-electron chi connectivity index (χ1n) is 5.74. The van der Waals surface area contributed by atoms with Gasteiger partial charge in [-0.15, -0.1) is 11.3 Å². The SMILES string of the molecule is COc1ccc(CC(N)c2cc(C)c(Br)s2)cc1. The summed E-state index contributed by atoms with van der Waals surface area (Å²) < 4.78 is 6.31. The van der Waals surface area contributed by atoms with E-state index in [4.69, 9.17) is 10.5 Å². The van der Waals surface area contributed by atoms with Crippen molar-refractivity contribution in [3.63, 3.8) is 0 Å². The number of rotatable bonds is 4. The van der Waals surface area contributed by atoms with Crippen LogP contribution in [-0.4, -0.2) is 7.11 Å². The smallest absolute Gasteiger partial charge is 0.118 e.